The van der Waals surface area contributed by atoms with Gasteiger partial charge in [0.1, 0.15) is 13.2 Å². The molecular formula is C58H112O6. The van der Waals surface area contributed by atoms with Crippen molar-refractivity contribution in [1.29, 1.82) is 0 Å². The molecule has 1 atom stereocenters. The second-order valence-corrected chi connectivity index (χ2v) is 19.9. The summed E-state index contributed by atoms with van der Waals surface area (Å²) in [6.45, 7) is 6.70. The highest BCUT2D eigenvalue weighted by Gasteiger charge is 2.19. The van der Waals surface area contributed by atoms with E-state index in [2.05, 4.69) is 20.8 Å². The summed E-state index contributed by atoms with van der Waals surface area (Å²) < 4.78 is 16.9. The minimum atomic E-state index is -0.760. The maximum atomic E-state index is 12.8. The summed E-state index contributed by atoms with van der Waals surface area (Å²) in [5.41, 5.74) is 0. The van der Waals surface area contributed by atoms with Gasteiger partial charge in [0, 0.05) is 19.3 Å². The lowest BCUT2D eigenvalue weighted by atomic mass is 10.0. The molecule has 0 aromatic carbocycles. The summed E-state index contributed by atoms with van der Waals surface area (Å²) in [6, 6.07) is 0. The molecule has 0 radical (unpaired) electrons. The fourth-order valence-electron chi connectivity index (χ4n) is 8.98. The fourth-order valence-corrected chi connectivity index (χ4v) is 8.98. The first-order valence-corrected chi connectivity index (χ1v) is 29.0. The molecule has 0 aliphatic carbocycles. The highest BCUT2D eigenvalue weighted by atomic mass is 16.6. The van der Waals surface area contributed by atoms with Crippen LogP contribution in [0.4, 0.5) is 0 Å². The van der Waals surface area contributed by atoms with Crippen molar-refractivity contribution >= 4 is 17.9 Å². The lowest BCUT2D eigenvalue weighted by Crippen LogP contribution is -2.30. The number of ether oxygens (including phenoxy) is 3. The molecule has 0 aliphatic heterocycles. The zero-order valence-electron chi connectivity index (χ0n) is 43.6. The third kappa shape index (κ3) is 51.4. The van der Waals surface area contributed by atoms with Crippen molar-refractivity contribution in [2.75, 3.05) is 13.2 Å². The Morgan fingerprint density at radius 2 is 0.422 bits per heavy atom. The Bertz CT molecular complexity index is 951. The second-order valence-electron chi connectivity index (χ2n) is 19.9. The molecule has 0 fully saturated rings. The monoisotopic (exact) mass is 905 g/mol. The third-order valence-electron chi connectivity index (χ3n) is 13.4. The van der Waals surface area contributed by atoms with Gasteiger partial charge < -0.3 is 14.2 Å². The van der Waals surface area contributed by atoms with E-state index >= 15 is 0 Å². The molecule has 0 aromatic heterocycles. The Balaban J connectivity index is 4.26. The first-order valence-electron chi connectivity index (χ1n) is 29.0. The van der Waals surface area contributed by atoms with Gasteiger partial charge in [-0.05, 0) is 19.3 Å². The number of rotatable bonds is 54. The van der Waals surface area contributed by atoms with Gasteiger partial charge in [0.2, 0.25) is 0 Å². The van der Waals surface area contributed by atoms with E-state index in [1.54, 1.807) is 0 Å². The van der Waals surface area contributed by atoms with E-state index in [-0.39, 0.29) is 31.1 Å². The molecule has 380 valence electrons. The predicted octanol–water partition coefficient (Wildman–Crippen LogP) is 19.2. The van der Waals surface area contributed by atoms with E-state index in [4.69, 9.17) is 14.2 Å². The quantitative estimate of drug-likeness (QED) is 0.0344. The van der Waals surface area contributed by atoms with E-state index in [1.807, 2.05) is 0 Å². The van der Waals surface area contributed by atoms with Crippen LogP contribution in [-0.2, 0) is 28.6 Å². The molecule has 0 bridgehead atoms. The molecule has 0 unspecified atom stereocenters. The number of esters is 3. The number of hydrogen-bond acceptors (Lipinski definition) is 6. The van der Waals surface area contributed by atoms with Crippen LogP contribution >= 0.6 is 0 Å². The Labute approximate surface area is 399 Å². The first-order chi connectivity index (χ1) is 31.5. The number of hydrogen-bond donors (Lipinski definition) is 0. The summed E-state index contributed by atoms with van der Waals surface area (Å²) in [6.07, 6.45) is 59.5. The van der Waals surface area contributed by atoms with Gasteiger partial charge in [-0.25, -0.2) is 0 Å². The molecule has 0 aliphatic rings. The largest absolute Gasteiger partial charge is 0.462 e. The van der Waals surface area contributed by atoms with Gasteiger partial charge in [0.05, 0.1) is 0 Å². The summed E-state index contributed by atoms with van der Waals surface area (Å²) in [5.74, 6) is -0.832. The second kappa shape index (κ2) is 54.0. The van der Waals surface area contributed by atoms with Gasteiger partial charge in [-0.2, -0.15) is 0 Å². The molecule has 0 spiro atoms. The topological polar surface area (TPSA) is 78.9 Å². The van der Waals surface area contributed by atoms with Gasteiger partial charge in [-0.1, -0.05) is 297 Å². The van der Waals surface area contributed by atoms with E-state index in [1.165, 1.54) is 238 Å². The molecular weight excluding hydrogens is 793 g/mol. The maximum absolute atomic E-state index is 12.8. The van der Waals surface area contributed by atoms with Crippen molar-refractivity contribution in [3.05, 3.63) is 0 Å². The minimum absolute atomic E-state index is 0.0611. The molecule has 0 N–H and O–H groups in total. The van der Waals surface area contributed by atoms with Crippen LogP contribution in [0.25, 0.3) is 0 Å². The van der Waals surface area contributed by atoms with Crippen LogP contribution in [0.5, 0.6) is 0 Å². The average Bonchev–Trinajstić information content (AvgIpc) is 3.29. The van der Waals surface area contributed by atoms with Crippen molar-refractivity contribution in [2.24, 2.45) is 0 Å². The molecule has 6 heteroatoms. The average molecular weight is 906 g/mol. The third-order valence-corrected chi connectivity index (χ3v) is 13.4. The number of carbonyl (C=O) groups is 3. The lowest BCUT2D eigenvalue weighted by Gasteiger charge is -2.18. The van der Waals surface area contributed by atoms with Crippen molar-refractivity contribution < 1.29 is 28.6 Å². The van der Waals surface area contributed by atoms with Crippen LogP contribution in [0.15, 0.2) is 0 Å². The lowest BCUT2D eigenvalue weighted by molar-refractivity contribution is -0.167. The molecule has 0 saturated carbocycles. The minimum Gasteiger partial charge on any atom is -0.462 e. The van der Waals surface area contributed by atoms with Gasteiger partial charge in [0.25, 0.3) is 0 Å². The van der Waals surface area contributed by atoms with Crippen LogP contribution < -0.4 is 0 Å². The Kier molecular flexibility index (Phi) is 52.7. The molecule has 0 heterocycles. The van der Waals surface area contributed by atoms with Gasteiger partial charge >= 0.3 is 17.9 Å². The Hall–Kier alpha value is -1.59. The van der Waals surface area contributed by atoms with E-state index in [0.717, 1.165) is 57.8 Å². The van der Waals surface area contributed by atoms with E-state index in [0.29, 0.717) is 19.3 Å². The number of unbranched alkanes of at least 4 members (excludes halogenated alkanes) is 43. The molecule has 0 amide bonds. The fraction of sp³-hybridized carbons (Fsp3) is 0.948. The zero-order chi connectivity index (χ0) is 46.5. The van der Waals surface area contributed by atoms with Crippen LogP contribution in [0, 0.1) is 0 Å². The van der Waals surface area contributed by atoms with Gasteiger partial charge in [0.15, 0.2) is 6.10 Å². The Morgan fingerprint density at radius 3 is 0.625 bits per heavy atom. The summed E-state index contributed by atoms with van der Waals surface area (Å²) in [5, 5.41) is 0. The van der Waals surface area contributed by atoms with Crippen molar-refractivity contribution in [3.63, 3.8) is 0 Å². The first kappa shape index (κ1) is 62.4. The summed E-state index contributed by atoms with van der Waals surface area (Å²) in [4.78, 5) is 38.1. The highest BCUT2D eigenvalue weighted by Crippen LogP contribution is 2.18. The summed E-state index contributed by atoms with van der Waals surface area (Å²) in [7, 11) is 0. The highest BCUT2D eigenvalue weighted by molar-refractivity contribution is 5.71. The Morgan fingerprint density at radius 1 is 0.250 bits per heavy atom. The molecule has 0 saturated heterocycles. The molecule has 6 nitrogen and oxygen atoms in total. The maximum Gasteiger partial charge on any atom is 0.306 e. The zero-order valence-corrected chi connectivity index (χ0v) is 43.6. The van der Waals surface area contributed by atoms with Crippen LogP contribution in [0.1, 0.15) is 335 Å². The smallest absolute Gasteiger partial charge is 0.306 e. The molecule has 64 heavy (non-hydrogen) atoms. The van der Waals surface area contributed by atoms with Crippen LogP contribution in [0.3, 0.4) is 0 Å². The van der Waals surface area contributed by atoms with Crippen molar-refractivity contribution in [3.8, 4) is 0 Å². The standard InChI is InChI=1S/C58H112O6/c1-4-7-10-13-16-19-22-25-27-28-29-30-31-34-36-39-42-45-48-51-57(60)63-54-55(53-62-56(59)50-47-44-41-38-35-32-24-21-18-15-12-9-6-3)64-58(61)52-49-46-43-40-37-33-26-23-20-17-14-11-8-5-2/h55H,4-54H2,1-3H3/t55-/m1/s1. The van der Waals surface area contributed by atoms with Crippen LogP contribution in [-0.4, -0.2) is 37.2 Å². The molecule has 0 rings (SSSR count). The normalized spacial score (nSPS) is 11.9. The molecule has 0 aromatic rings. The SMILES string of the molecule is CCCCCCCCCCCCCCCCCCCCCC(=O)OC[C@@H](COC(=O)CCCCCCCCCCCCCCC)OC(=O)CCCCCCCCCCCCCCCC. The van der Waals surface area contributed by atoms with E-state index < -0.39 is 6.10 Å². The van der Waals surface area contributed by atoms with E-state index in [9.17, 15) is 14.4 Å². The predicted molar refractivity (Wildman–Crippen MR) is 275 cm³/mol. The van der Waals surface area contributed by atoms with Crippen molar-refractivity contribution in [2.45, 2.75) is 341 Å². The van der Waals surface area contributed by atoms with Gasteiger partial charge in [-0.3, -0.25) is 14.4 Å². The summed E-state index contributed by atoms with van der Waals surface area (Å²) >= 11 is 0. The van der Waals surface area contributed by atoms with Crippen molar-refractivity contribution in [1.82, 2.24) is 0 Å². The number of carbonyl (C=O) groups excluding carboxylic acids is 3. The van der Waals surface area contributed by atoms with Crippen LogP contribution in [0.2, 0.25) is 0 Å². The van der Waals surface area contributed by atoms with Gasteiger partial charge in [-0.15, -0.1) is 0 Å².